The maximum Gasteiger partial charge on any atom is 0.280 e. The van der Waals surface area contributed by atoms with E-state index in [0.717, 1.165) is 19.4 Å². The fraction of sp³-hybridized carbons (Fsp3) is 0.615. The third-order valence-corrected chi connectivity index (χ3v) is 4.55. The van der Waals surface area contributed by atoms with Crippen LogP contribution in [0.4, 0.5) is 0 Å². The Morgan fingerprint density at radius 2 is 2.30 bits per heavy atom. The van der Waals surface area contributed by atoms with E-state index in [0.29, 0.717) is 23.9 Å². The second-order valence-electron chi connectivity index (χ2n) is 5.24. The van der Waals surface area contributed by atoms with Crippen LogP contribution in [0.15, 0.2) is 5.38 Å². The van der Waals surface area contributed by atoms with Crippen molar-refractivity contribution in [3.05, 3.63) is 16.1 Å². The van der Waals surface area contributed by atoms with Crippen LogP contribution in [0, 0.1) is 0 Å². The highest BCUT2D eigenvalue weighted by Gasteiger charge is 2.28. The molecule has 0 saturated carbocycles. The minimum atomic E-state index is -0.225. The minimum Gasteiger partial charge on any atom is -0.377 e. The second-order valence-corrected chi connectivity index (χ2v) is 6.09. The quantitative estimate of drug-likeness (QED) is 0.899. The molecule has 0 radical (unpaired) electrons. The molecule has 1 aromatic heterocycles. The third-order valence-electron chi connectivity index (χ3n) is 3.70. The van der Waals surface area contributed by atoms with Gasteiger partial charge in [0.2, 0.25) is 0 Å². The SMILES string of the molecule is C[C@H]1CCCN1C(=O)c1csc(C(=O)NC2COC2)n1. The Bertz CT molecular complexity index is 527. The molecule has 2 aliphatic heterocycles. The van der Waals surface area contributed by atoms with E-state index >= 15 is 0 Å². The highest BCUT2D eigenvalue weighted by atomic mass is 32.1. The average Bonchev–Trinajstić information content (AvgIpc) is 3.01. The van der Waals surface area contributed by atoms with E-state index in [2.05, 4.69) is 10.3 Å². The maximum atomic E-state index is 12.3. The van der Waals surface area contributed by atoms with Crippen LogP contribution in [0.2, 0.25) is 0 Å². The zero-order valence-corrected chi connectivity index (χ0v) is 12.1. The predicted octanol–water partition coefficient (Wildman–Crippen LogP) is 0.896. The number of hydrogen-bond acceptors (Lipinski definition) is 5. The number of ether oxygens (including phenoxy) is 1. The summed E-state index contributed by atoms with van der Waals surface area (Å²) in [6.07, 6.45) is 2.07. The molecule has 2 aliphatic rings. The van der Waals surface area contributed by atoms with Crippen LogP contribution in [-0.2, 0) is 4.74 Å². The van der Waals surface area contributed by atoms with Crippen molar-refractivity contribution in [2.24, 2.45) is 0 Å². The van der Waals surface area contributed by atoms with Crippen molar-refractivity contribution in [2.45, 2.75) is 31.8 Å². The number of aromatic nitrogens is 1. The van der Waals surface area contributed by atoms with Gasteiger partial charge in [0.1, 0.15) is 5.69 Å². The van der Waals surface area contributed by atoms with Gasteiger partial charge in [-0.1, -0.05) is 0 Å². The highest BCUT2D eigenvalue weighted by Crippen LogP contribution is 2.20. The monoisotopic (exact) mass is 295 g/mol. The molecule has 2 saturated heterocycles. The molecule has 0 aromatic carbocycles. The average molecular weight is 295 g/mol. The van der Waals surface area contributed by atoms with Gasteiger partial charge in [-0.05, 0) is 19.8 Å². The molecule has 2 fully saturated rings. The minimum absolute atomic E-state index is 0.0720. The fourth-order valence-corrected chi connectivity index (χ4v) is 3.12. The van der Waals surface area contributed by atoms with Crippen molar-refractivity contribution >= 4 is 23.2 Å². The van der Waals surface area contributed by atoms with Crippen molar-refractivity contribution < 1.29 is 14.3 Å². The van der Waals surface area contributed by atoms with Crippen molar-refractivity contribution in [3.63, 3.8) is 0 Å². The van der Waals surface area contributed by atoms with Gasteiger partial charge in [-0.15, -0.1) is 11.3 Å². The largest absolute Gasteiger partial charge is 0.377 e. The third kappa shape index (κ3) is 2.55. The van der Waals surface area contributed by atoms with Gasteiger partial charge in [0, 0.05) is 18.0 Å². The van der Waals surface area contributed by atoms with Gasteiger partial charge in [0.15, 0.2) is 5.01 Å². The molecule has 3 rings (SSSR count). The molecule has 6 nitrogen and oxygen atoms in total. The van der Waals surface area contributed by atoms with Gasteiger partial charge in [0.25, 0.3) is 11.8 Å². The molecular weight excluding hydrogens is 278 g/mol. The van der Waals surface area contributed by atoms with Gasteiger partial charge < -0.3 is 15.0 Å². The van der Waals surface area contributed by atoms with Crippen LogP contribution in [0.5, 0.6) is 0 Å². The smallest absolute Gasteiger partial charge is 0.280 e. The summed E-state index contributed by atoms with van der Waals surface area (Å²) in [5.74, 6) is -0.297. The van der Waals surface area contributed by atoms with Gasteiger partial charge in [-0.25, -0.2) is 4.98 Å². The van der Waals surface area contributed by atoms with Gasteiger partial charge in [0.05, 0.1) is 19.3 Å². The molecule has 1 aromatic rings. The van der Waals surface area contributed by atoms with E-state index < -0.39 is 0 Å². The van der Waals surface area contributed by atoms with Gasteiger partial charge in [-0.3, -0.25) is 9.59 Å². The van der Waals surface area contributed by atoms with Crippen LogP contribution < -0.4 is 5.32 Å². The highest BCUT2D eigenvalue weighted by molar-refractivity contribution is 7.11. The van der Waals surface area contributed by atoms with Crippen molar-refractivity contribution in [1.29, 1.82) is 0 Å². The Balaban J connectivity index is 1.66. The number of thiazole rings is 1. The maximum absolute atomic E-state index is 12.3. The zero-order chi connectivity index (χ0) is 14.1. The van der Waals surface area contributed by atoms with Crippen LogP contribution >= 0.6 is 11.3 Å². The van der Waals surface area contributed by atoms with E-state index in [1.807, 2.05) is 11.8 Å². The number of nitrogens with zero attached hydrogens (tertiary/aromatic N) is 2. The summed E-state index contributed by atoms with van der Waals surface area (Å²) in [6, 6.07) is 0.331. The van der Waals surface area contributed by atoms with Crippen LogP contribution in [0.3, 0.4) is 0 Å². The van der Waals surface area contributed by atoms with Gasteiger partial charge in [-0.2, -0.15) is 0 Å². The summed E-state index contributed by atoms with van der Waals surface area (Å²) in [4.78, 5) is 30.2. The van der Waals surface area contributed by atoms with E-state index in [1.54, 1.807) is 5.38 Å². The lowest BCUT2D eigenvalue weighted by Gasteiger charge is -2.26. The lowest BCUT2D eigenvalue weighted by molar-refractivity contribution is -0.00346. The molecule has 0 spiro atoms. The first-order chi connectivity index (χ1) is 9.65. The van der Waals surface area contributed by atoms with Crippen molar-refractivity contribution in [3.8, 4) is 0 Å². The standard InChI is InChI=1S/C13H17N3O3S/c1-8-3-2-4-16(8)13(18)10-7-20-12(15-10)11(17)14-9-5-19-6-9/h7-9H,2-6H2,1H3,(H,14,17)/t8-/m0/s1. The molecule has 2 amide bonds. The summed E-state index contributed by atoms with van der Waals surface area (Å²) in [5, 5.41) is 4.83. The number of nitrogens with one attached hydrogen (secondary N) is 1. The van der Waals surface area contributed by atoms with E-state index in [9.17, 15) is 9.59 Å². The first kappa shape index (κ1) is 13.5. The number of amides is 2. The Kier molecular flexibility index (Phi) is 3.71. The molecular formula is C13H17N3O3S. The number of hydrogen-bond donors (Lipinski definition) is 1. The zero-order valence-electron chi connectivity index (χ0n) is 11.3. The normalized spacial score (nSPS) is 22.6. The Labute approximate surface area is 121 Å². The van der Waals surface area contributed by atoms with Gasteiger partial charge >= 0.3 is 0 Å². The molecule has 20 heavy (non-hydrogen) atoms. The topological polar surface area (TPSA) is 71.5 Å². The van der Waals surface area contributed by atoms with Crippen molar-refractivity contribution in [1.82, 2.24) is 15.2 Å². The molecule has 3 heterocycles. The Morgan fingerprint density at radius 1 is 1.50 bits per heavy atom. The van der Waals surface area contributed by atoms with Crippen LogP contribution in [0.1, 0.15) is 40.1 Å². The fourth-order valence-electron chi connectivity index (χ4n) is 2.42. The number of carbonyl (C=O) groups is 2. The summed E-state index contributed by atoms with van der Waals surface area (Å²) in [7, 11) is 0. The molecule has 0 aliphatic carbocycles. The Hall–Kier alpha value is -1.47. The lowest BCUT2D eigenvalue weighted by atomic mass is 10.2. The van der Waals surface area contributed by atoms with Crippen LogP contribution in [-0.4, -0.2) is 53.5 Å². The van der Waals surface area contributed by atoms with Crippen LogP contribution in [0.25, 0.3) is 0 Å². The molecule has 1 N–H and O–H groups in total. The van der Waals surface area contributed by atoms with E-state index in [1.165, 1.54) is 11.3 Å². The summed E-state index contributed by atoms with van der Waals surface area (Å²) in [5.41, 5.74) is 0.374. The first-order valence-electron chi connectivity index (χ1n) is 6.80. The number of likely N-dealkylation sites (tertiary alicyclic amines) is 1. The summed E-state index contributed by atoms with van der Waals surface area (Å²) < 4.78 is 5.00. The first-order valence-corrected chi connectivity index (χ1v) is 7.68. The number of rotatable bonds is 3. The second kappa shape index (κ2) is 5.49. The number of carbonyl (C=O) groups excluding carboxylic acids is 2. The molecule has 0 unspecified atom stereocenters. The summed E-state index contributed by atoms with van der Waals surface area (Å²) >= 11 is 1.21. The molecule has 0 bridgehead atoms. The molecule has 1 atom stereocenters. The van der Waals surface area contributed by atoms with E-state index in [4.69, 9.17) is 4.74 Å². The molecule has 7 heteroatoms. The Morgan fingerprint density at radius 3 is 2.90 bits per heavy atom. The summed E-state index contributed by atoms with van der Waals surface area (Å²) in [6.45, 7) is 3.92. The van der Waals surface area contributed by atoms with Crippen molar-refractivity contribution in [2.75, 3.05) is 19.8 Å². The lowest BCUT2D eigenvalue weighted by Crippen LogP contribution is -2.48. The predicted molar refractivity (Wildman–Crippen MR) is 73.9 cm³/mol. The molecule has 108 valence electrons. The van der Waals surface area contributed by atoms with E-state index in [-0.39, 0.29) is 23.9 Å².